The van der Waals surface area contributed by atoms with Crippen LogP contribution in [0.4, 0.5) is 27.5 Å². The summed E-state index contributed by atoms with van der Waals surface area (Å²) in [5.41, 5.74) is 3.29. The van der Waals surface area contributed by atoms with Crippen molar-refractivity contribution in [1.29, 1.82) is 0 Å². The Bertz CT molecular complexity index is 2520. The number of alkyl halides is 1. The van der Waals surface area contributed by atoms with Crippen molar-refractivity contribution in [3.8, 4) is 5.75 Å². The van der Waals surface area contributed by atoms with Crippen molar-refractivity contribution < 1.29 is 23.5 Å². The molecule has 3 saturated heterocycles. The smallest absolute Gasteiger partial charge is 0.294 e. The van der Waals surface area contributed by atoms with Crippen molar-refractivity contribution in [3.63, 3.8) is 0 Å². The van der Waals surface area contributed by atoms with Crippen LogP contribution in [0.3, 0.4) is 0 Å². The lowest BCUT2D eigenvalue weighted by Crippen LogP contribution is -2.51. The average molecular weight is 843 g/mol. The van der Waals surface area contributed by atoms with Gasteiger partial charge in [-0.15, -0.1) is 0 Å². The summed E-state index contributed by atoms with van der Waals surface area (Å²) in [4.78, 5) is 69.7. The van der Waals surface area contributed by atoms with Crippen LogP contribution in [-0.4, -0.2) is 118 Å². The van der Waals surface area contributed by atoms with Gasteiger partial charge in [0.05, 0.1) is 47.4 Å². The highest BCUT2D eigenvalue weighted by Gasteiger charge is 2.35. The number of anilines is 4. The molecule has 19 heteroatoms. The number of benzene rings is 1. The number of aromatic nitrogens is 6. The number of fused-ring (bicyclic) bond motifs is 2. The monoisotopic (exact) mass is 842 g/mol. The number of halogens is 2. The van der Waals surface area contributed by atoms with Crippen molar-refractivity contribution in [1.82, 2.24) is 44.8 Å². The standard InChI is InChI=1S/C41H48ClFN12O5/c1-23(2)55-38-25(17-32(40(55)59)60-22-34(57)44-3)16-26(18-45-38)47-37-29(42)19-46-41(49-37)54-11-10-24(30(43)21-54)20-52-12-14-53(15-13-52)31-7-5-6-27-35(50-51(4)36(27)31)28-8-9-33(56)48-39(28)58/h5-7,16-19,23-24,28,30H,8-15,20-22H2,1-4H3,(H,44,57)(H,46,47,49)(H,48,56,58)/t24-,28?,30+/m1/s1. The first kappa shape index (κ1) is 40.9. The Kier molecular flexibility index (Phi) is 11.6. The second-order valence-electron chi connectivity index (χ2n) is 15.9. The van der Waals surface area contributed by atoms with E-state index < -0.39 is 17.6 Å². The minimum atomic E-state index is -1.09. The highest BCUT2D eigenvalue weighted by molar-refractivity contribution is 6.33. The fourth-order valence-electron chi connectivity index (χ4n) is 8.46. The molecule has 7 heterocycles. The maximum atomic E-state index is 16.0. The maximum Gasteiger partial charge on any atom is 0.294 e. The van der Waals surface area contributed by atoms with Gasteiger partial charge in [0.2, 0.25) is 17.8 Å². The molecule has 8 rings (SSSR count). The van der Waals surface area contributed by atoms with Crippen LogP contribution >= 0.6 is 11.6 Å². The van der Waals surface area contributed by atoms with E-state index in [1.54, 1.807) is 18.3 Å². The summed E-state index contributed by atoms with van der Waals surface area (Å²) >= 11 is 6.55. The molecule has 3 aliphatic rings. The zero-order chi connectivity index (χ0) is 42.2. The molecule has 3 aliphatic heterocycles. The number of likely N-dealkylation sites (N-methyl/N-ethyl adjacent to an activating group) is 1. The van der Waals surface area contributed by atoms with E-state index >= 15 is 4.39 Å². The molecule has 4 aromatic heterocycles. The SMILES string of the molecule is CNC(=O)COc1cc2cc(Nc3nc(N4CC[C@H](CN5CCN(c6cccc7c(C8CCC(=O)NC8=O)nn(C)c67)CC5)[C@@H](F)C4)ncc3Cl)cnc2n(C(C)C)c1=O. The normalized spacial score (nSPS) is 20.2. The molecule has 3 N–H and O–H groups in total. The summed E-state index contributed by atoms with van der Waals surface area (Å²) < 4.78 is 24.9. The van der Waals surface area contributed by atoms with Crippen LogP contribution in [0.1, 0.15) is 50.8 Å². The van der Waals surface area contributed by atoms with Gasteiger partial charge in [-0.1, -0.05) is 23.7 Å². The molecular formula is C41H48ClFN12O5. The highest BCUT2D eigenvalue weighted by atomic mass is 35.5. The van der Waals surface area contributed by atoms with Gasteiger partial charge in [-0.3, -0.25) is 38.6 Å². The van der Waals surface area contributed by atoms with E-state index in [1.807, 2.05) is 42.6 Å². The third-order valence-corrected chi connectivity index (χ3v) is 11.9. The summed E-state index contributed by atoms with van der Waals surface area (Å²) in [6.45, 7) is 7.86. The van der Waals surface area contributed by atoms with Gasteiger partial charge >= 0.3 is 0 Å². The summed E-state index contributed by atoms with van der Waals surface area (Å²) in [5.74, 6) is -0.834. The molecule has 0 saturated carbocycles. The quantitative estimate of drug-likeness (QED) is 0.164. The first-order valence-electron chi connectivity index (χ1n) is 20.2. The molecule has 0 spiro atoms. The van der Waals surface area contributed by atoms with E-state index in [4.69, 9.17) is 21.4 Å². The number of pyridine rings is 2. The van der Waals surface area contributed by atoms with Crippen LogP contribution in [0.5, 0.6) is 5.75 Å². The Morgan fingerprint density at radius 3 is 2.58 bits per heavy atom. The Morgan fingerprint density at radius 2 is 1.85 bits per heavy atom. The molecule has 17 nitrogen and oxygen atoms in total. The van der Waals surface area contributed by atoms with Gasteiger partial charge in [0, 0.05) is 82.5 Å². The second kappa shape index (κ2) is 17.0. The number of amides is 3. The molecule has 1 aromatic carbocycles. The predicted molar refractivity (Wildman–Crippen MR) is 226 cm³/mol. The lowest BCUT2D eigenvalue weighted by atomic mass is 9.92. The third kappa shape index (κ3) is 8.17. The molecule has 0 aliphatic carbocycles. The molecule has 60 heavy (non-hydrogen) atoms. The summed E-state index contributed by atoms with van der Waals surface area (Å²) in [5, 5.41) is 14.7. The number of hydrogen-bond donors (Lipinski definition) is 3. The first-order chi connectivity index (χ1) is 28.9. The molecule has 5 aromatic rings. The molecule has 0 radical (unpaired) electrons. The number of nitrogens with zero attached hydrogens (tertiary/aromatic N) is 9. The predicted octanol–water partition coefficient (Wildman–Crippen LogP) is 3.68. The Labute approximate surface area is 350 Å². The van der Waals surface area contributed by atoms with E-state index in [2.05, 4.69) is 46.8 Å². The fraction of sp³-hybridized carbons (Fsp3) is 0.463. The lowest BCUT2D eigenvalue weighted by Gasteiger charge is -2.41. The molecule has 3 atom stereocenters. The van der Waals surface area contributed by atoms with Crippen molar-refractivity contribution in [2.45, 2.75) is 51.2 Å². The zero-order valence-corrected chi connectivity index (χ0v) is 34.7. The summed E-state index contributed by atoms with van der Waals surface area (Å²) in [6.07, 6.45) is 3.33. The molecular weight excluding hydrogens is 795 g/mol. The van der Waals surface area contributed by atoms with Crippen LogP contribution in [0, 0.1) is 5.92 Å². The van der Waals surface area contributed by atoms with Crippen molar-refractivity contribution in [2.24, 2.45) is 13.0 Å². The zero-order valence-electron chi connectivity index (χ0n) is 34.0. The number of nitrogens with one attached hydrogen (secondary N) is 3. The minimum Gasteiger partial charge on any atom is -0.478 e. The van der Waals surface area contributed by atoms with Crippen molar-refractivity contribution in [2.75, 3.05) is 74.6 Å². The minimum absolute atomic E-state index is 0.0228. The van der Waals surface area contributed by atoms with Crippen molar-refractivity contribution >= 4 is 74.4 Å². The number of carbonyl (C=O) groups excluding carboxylic acids is 3. The number of aryl methyl sites for hydroxylation is 1. The van der Waals surface area contributed by atoms with Gasteiger partial charge in [-0.05, 0) is 44.9 Å². The van der Waals surface area contributed by atoms with Gasteiger partial charge in [-0.2, -0.15) is 10.1 Å². The van der Waals surface area contributed by atoms with E-state index in [0.29, 0.717) is 66.5 Å². The number of imide groups is 1. The Balaban J connectivity index is 0.895. The summed E-state index contributed by atoms with van der Waals surface area (Å²) in [6, 6.07) is 9.17. The highest BCUT2D eigenvalue weighted by Crippen LogP contribution is 2.36. The van der Waals surface area contributed by atoms with Crippen LogP contribution in [0.2, 0.25) is 5.02 Å². The van der Waals surface area contributed by atoms with Gasteiger partial charge in [0.15, 0.2) is 18.2 Å². The van der Waals surface area contributed by atoms with E-state index in [1.165, 1.54) is 17.8 Å². The molecule has 1 unspecified atom stereocenters. The number of piperazine rings is 1. The average Bonchev–Trinajstić information content (AvgIpc) is 3.57. The maximum absolute atomic E-state index is 16.0. The molecule has 3 fully saturated rings. The van der Waals surface area contributed by atoms with Crippen molar-refractivity contribution in [3.05, 3.63) is 63.8 Å². The van der Waals surface area contributed by atoms with Gasteiger partial charge in [0.25, 0.3) is 11.5 Å². The Hall–Kier alpha value is -5.88. The van der Waals surface area contributed by atoms with Gasteiger partial charge < -0.3 is 25.2 Å². The number of ether oxygens (including phenoxy) is 1. The van der Waals surface area contributed by atoms with Crippen LogP contribution < -0.4 is 36.0 Å². The number of carbonyl (C=O) groups is 3. The number of piperidine rings is 2. The van der Waals surface area contributed by atoms with E-state index in [0.717, 1.165) is 42.8 Å². The van der Waals surface area contributed by atoms with Crippen LogP contribution in [0.25, 0.3) is 21.9 Å². The van der Waals surface area contributed by atoms with Crippen LogP contribution in [-0.2, 0) is 21.4 Å². The number of para-hydroxylation sites is 1. The Morgan fingerprint density at radius 1 is 1.05 bits per heavy atom. The topological polar surface area (TPSA) is 185 Å². The van der Waals surface area contributed by atoms with E-state index in [-0.39, 0.29) is 53.6 Å². The third-order valence-electron chi connectivity index (χ3n) is 11.6. The second-order valence-corrected chi connectivity index (χ2v) is 16.3. The first-order valence-corrected chi connectivity index (χ1v) is 20.6. The molecule has 0 bridgehead atoms. The number of hydrogen-bond acceptors (Lipinski definition) is 13. The number of rotatable bonds is 11. The lowest BCUT2D eigenvalue weighted by molar-refractivity contribution is -0.134. The fourth-order valence-corrected chi connectivity index (χ4v) is 8.59. The molecule has 3 amide bonds. The van der Waals surface area contributed by atoms with Gasteiger partial charge in [0.1, 0.15) is 16.8 Å². The summed E-state index contributed by atoms with van der Waals surface area (Å²) in [7, 11) is 3.38. The largest absolute Gasteiger partial charge is 0.478 e. The molecule has 316 valence electrons. The van der Waals surface area contributed by atoms with Crippen LogP contribution in [0.15, 0.2) is 47.5 Å². The van der Waals surface area contributed by atoms with E-state index in [9.17, 15) is 19.2 Å². The van der Waals surface area contributed by atoms with Gasteiger partial charge in [-0.25, -0.2) is 14.4 Å².